The Balaban J connectivity index is 1.59. The van der Waals surface area contributed by atoms with Crippen molar-refractivity contribution in [3.8, 4) is 17.1 Å². The molecule has 0 bridgehead atoms. The van der Waals surface area contributed by atoms with Crippen LogP contribution in [-0.2, 0) is 4.79 Å². The van der Waals surface area contributed by atoms with Crippen molar-refractivity contribution in [3.05, 3.63) is 48.4 Å². The first kappa shape index (κ1) is 19.8. The first-order valence-electron chi connectivity index (χ1n) is 10.2. The summed E-state index contributed by atoms with van der Waals surface area (Å²) in [5, 5.41) is 12.5. The number of nitrogens with zero attached hydrogens (tertiary/aromatic N) is 3. The van der Waals surface area contributed by atoms with E-state index in [0.717, 1.165) is 29.9 Å². The van der Waals surface area contributed by atoms with Crippen LogP contribution in [0.4, 0.5) is 0 Å². The lowest BCUT2D eigenvalue weighted by atomic mass is 9.95. The van der Waals surface area contributed by atoms with Crippen LogP contribution in [0.2, 0.25) is 0 Å². The molecule has 4 rings (SSSR count). The number of hydrogen-bond donors (Lipinski definition) is 1. The van der Waals surface area contributed by atoms with Crippen molar-refractivity contribution in [2.45, 2.75) is 62.4 Å². The Bertz CT molecular complexity index is 960. The molecule has 152 valence electrons. The number of rotatable bonds is 6. The van der Waals surface area contributed by atoms with Crippen LogP contribution >= 0.6 is 11.8 Å². The summed E-state index contributed by atoms with van der Waals surface area (Å²) in [5.41, 5.74) is 1.85. The summed E-state index contributed by atoms with van der Waals surface area (Å²) in [6.45, 7) is 3.84. The first-order chi connectivity index (χ1) is 14.1. The van der Waals surface area contributed by atoms with Gasteiger partial charge in [0.15, 0.2) is 11.0 Å². The summed E-state index contributed by atoms with van der Waals surface area (Å²) in [6, 6.07) is 12.2. The lowest BCUT2D eigenvalue weighted by molar-refractivity contribution is -0.121. The second-order valence-electron chi connectivity index (χ2n) is 7.47. The van der Waals surface area contributed by atoms with Gasteiger partial charge < -0.3 is 9.73 Å². The van der Waals surface area contributed by atoms with Crippen molar-refractivity contribution in [1.29, 1.82) is 0 Å². The molecule has 0 aliphatic heterocycles. The van der Waals surface area contributed by atoms with Crippen LogP contribution in [0.1, 0.15) is 44.8 Å². The Morgan fingerprint density at radius 1 is 1.17 bits per heavy atom. The number of carbonyl (C=O) groups excluding carboxylic acids is 1. The van der Waals surface area contributed by atoms with Crippen LogP contribution in [0.15, 0.2) is 52.2 Å². The smallest absolute Gasteiger partial charge is 0.233 e. The summed E-state index contributed by atoms with van der Waals surface area (Å²) in [6.07, 6.45) is 7.47. The Labute approximate surface area is 175 Å². The van der Waals surface area contributed by atoms with E-state index in [1.54, 1.807) is 6.26 Å². The molecule has 1 saturated carbocycles. The third-order valence-corrected chi connectivity index (χ3v) is 6.39. The number of aromatic nitrogens is 3. The Morgan fingerprint density at radius 2 is 1.93 bits per heavy atom. The fourth-order valence-electron chi connectivity index (χ4n) is 3.72. The average molecular weight is 411 g/mol. The van der Waals surface area contributed by atoms with Gasteiger partial charge in [-0.05, 0) is 44.9 Å². The molecule has 1 aromatic carbocycles. The van der Waals surface area contributed by atoms with E-state index < -0.39 is 0 Å². The van der Waals surface area contributed by atoms with E-state index in [0.29, 0.717) is 17.0 Å². The van der Waals surface area contributed by atoms with E-state index in [2.05, 4.69) is 15.5 Å². The molecule has 29 heavy (non-hydrogen) atoms. The van der Waals surface area contributed by atoms with Crippen molar-refractivity contribution >= 4 is 17.7 Å². The van der Waals surface area contributed by atoms with Crippen molar-refractivity contribution in [1.82, 2.24) is 20.1 Å². The quantitative estimate of drug-likeness (QED) is 0.593. The Kier molecular flexibility index (Phi) is 6.04. The molecule has 1 fully saturated rings. The van der Waals surface area contributed by atoms with Gasteiger partial charge in [0, 0.05) is 11.7 Å². The van der Waals surface area contributed by atoms with Crippen molar-refractivity contribution in [2.75, 3.05) is 0 Å². The van der Waals surface area contributed by atoms with E-state index in [1.807, 2.05) is 54.8 Å². The molecular weight excluding hydrogens is 384 g/mol. The number of hydrogen-bond acceptors (Lipinski definition) is 5. The third-order valence-electron chi connectivity index (χ3n) is 5.35. The van der Waals surface area contributed by atoms with Gasteiger partial charge in [0.2, 0.25) is 5.91 Å². The van der Waals surface area contributed by atoms with E-state index >= 15 is 0 Å². The van der Waals surface area contributed by atoms with E-state index in [4.69, 9.17) is 4.42 Å². The number of para-hydroxylation sites is 1. The topological polar surface area (TPSA) is 72.9 Å². The molecule has 1 atom stereocenters. The highest BCUT2D eigenvalue weighted by Crippen LogP contribution is 2.32. The molecule has 0 spiro atoms. The van der Waals surface area contributed by atoms with Gasteiger partial charge in [-0.2, -0.15) is 0 Å². The van der Waals surface area contributed by atoms with Crippen molar-refractivity contribution in [3.63, 3.8) is 0 Å². The molecule has 1 N–H and O–H groups in total. The summed E-state index contributed by atoms with van der Waals surface area (Å²) >= 11 is 1.43. The molecule has 2 aromatic heterocycles. The second-order valence-corrected chi connectivity index (χ2v) is 8.78. The maximum absolute atomic E-state index is 12.7. The van der Waals surface area contributed by atoms with Crippen molar-refractivity contribution < 1.29 is 9.21 Å². The normalized spacial score (nSPS) is 15.9. The standard InChI is InChI=1S/C22H26N4O2S/c1-15-19(13-14-28-15)20-24-25-22(26(20)18-11-7-4-8-12-18)29-16(2)21(27)23-17-9-5-3-6-10-17/h4,7-8,11-14,16-17H,3,5-6,9-10H2,1-2H3,(H,23,27). The fraction of sp³-hybridized carbons (Fsp3) is 0.409. The number of benzene rings is 1. The monoisotopic (exact) mass is 410 g/mol. The number of amides is 1. The van der Waals surface area contributed by atoms with Gasteiger partial charge in [0.25, 0.3) is 0 Å². The van der Waals surface area contributed by atoms with Gasteiger partial charge in [0.1, 0.15) is 5.76 Å². The van der Waals surface area contributed by atoms with Crippen LogP contribution in [0.25, 0.3) is 17.1 Å². The van der Waals surface area contributed by atoms with Gasteiger partial charge in [-0.1, -0.05) is 49.2 Å². The van der Waals surface area contributed by atoms with Gasteiger partial charge in [0.05, 0.1) is 17.1 Å². The highest BCUT2D eigenvalue weighted by molar-refractivity contribution is 8.00. The minimum atomic E-state index is -0.262. The number of thioether (sulfide) groups is 1. The highest BCUT2D eigenvalue weighted by atomic mass is 32.2. The van der Waals surface area contributed by atoms with E-state index in [-0.39, 0.29) is 11.2 Å². The van der Waals surface area contributed by atoms with E-state index in [1.165, 1.54) is 31.0 Å². The van der Waals surface area contributed by atoms with Crippen molar-refractivity contribution in [2.24, 2.45) is 0 Å². The number of furan rings is 1. The van der Waals surface area contributed by atoms with Crippen LogP contribution in [-0.4, -0.2) is 32.0 Å². The lowest BCUT2D eigenvalue weighted by Gasteiger charge is -2.24. The third kappa shape index (κ3) is 4.40. The molecule has 1 unspecified atom stereocenters. The zero-order valence-corrected chi connectivity index (χ0v) is 17.6. The van der Waals surface area contributed by atoms with Crippen LogP contribution in [0, 0.1) is 6.92 Å². The van der Waals surface area contributed by atoms with Gasteiger partial charge >= 0.3 is 0 Å². The maximum Gasteiger partial charge on any atom is 0.233 e. The highest BCUT2D eigenvalue weighted by Gasteiger charge is 2.25. The minimum absolute atomic E-state index is 0.0607. The zero-order chi connectivity index (χ0) is 20.2. The molecule has 0 saturated heterocycles. The number of nitrogens with one attached hydrogen (secondary N) is 1. The summed E-state index contributed by atoms with van der Waals surface area (Å²) in [7, 11) is 0. The van der Waals surface area contributed by atoms with Crippen LogP contribution in [0.3, 0.4) is 0 Å². The second kappa shape index (κ2) is 8.86. The Morgan fingerprint density at radius 3 is 2.62 bits per heavy atom. The molecule has 0 radical (unpaired) electrons. The predicted molar refractivity (Wildman–Crippen MR) is 114 cm³/mol. The van der Waals surface area contributed by atoms with Gasteiger partial charge in [-0.25, -0.2) is 0 Å². The lowest BCUT2D eigenvalue weighted by Crippen LogP contribution is -2.40. The predicted octanol–water partition coefficient (Wildman–Crippen LogP) is 4.77. The molecule has 2 heterocycles. The zero-order valence-electron chi connectivity index (χ0n) is 16.8. The summed E-state index contributed by atoms with van der Waals surface area (Å²) in [5.74, 6) is 1.56. The molecule has 6 nitrogen and oxygen atoms in total. The SMILES string of the molecule is Cc1occc1-c1nnc(SC(C)C(=O)NC2CCCCC2)n1-c1ccccc1. The summed E-state index contributed by atoms with van der Waals surface area (Å²) in [4.78, 5) is 12.7. The molecule has 3 aromatic rings. The van der Waals surface area contributed by atoms with Gasteiger partial charge in [-0.3, -0.25) is 9.36 Å². The molecule has 7 heteroatoms. The average Bonchev–Trinajstić information content (AvgIpc) is 3.35. The number of carbonyl (C=O) groups is 1. The van der Waals surface area contributed by atoms with Gasteiger partial charge in [-0.15, -0.1) is 10.2 Å². The molecule has 1 amide bonds. The minimum Gasteiger partial charge on any atom is -0.469 e. The first-order valence-corrected chi connectivity index (χ1v) is 11.0. The largest absolute Gasteiger partial charge is 0.469 e. The molecular formula is C22H26N4O2S. The van der Waals surface area contributed by atoms with Crippen LogP contribution in [0.5, 0.6) is 0 Å². The van der Waals surface area contributed by atoms with Crippen LogP contribution < -0.4 is 5.32 Å². The number of aryl methyl sites for hydroxylation is 1. The fourth-order valence-corrected chi connectivity index (χ4v) is 4.60. The summed E-state index contributed by atoms with van der Waals surface area (Å²) < 4.78 is 7.46. The maximum atomic E-state index is 12.7. The molecule has 1 aliphatic rings. The Hall–Kier alpha value is -2.54. The molecule has 1 aliphatic carbocycles. The van der Waals surface area contributed by atoms with E-state index in [9.17, 15) is 4.79 Å².